The van der Waals surface area contributed by atoms with Crippen molar-refractivity contribution in [2.75, 3.05) is 6.54 Å². The van der Waals surface area contributed by atoms with E-state index in [-0.39, 0.29) is 37.0 Å². The molecule has 2 aromatic carbocycles. The van der Waals surface area contributed by atoms with Crippen LogP contribution in [-0.2, 0) is 11.3 Å². The molecule has 0 saturated carbocycles. The van der Waals surface area contributed by atoms with Crippen LogP contribution >= 0.6 is 0 Å². The maximum atomic E-state index is 13.9. The average molecular weight is 620 g/mol. The predicted molar refractivity (Wildman–Crippen MR) is 162 cm³/mol. The van der Waals surface area contributed by atoms with E-state index in [1.54, 1.807) is 30.3 Å². The summed E-state index contributed by atoms with van der Waals surface area (Å²) in [6, 6.07) is 8.87. The highest BCUT2D eigenvalue weighted by Crippen LogP contribution is 2.47. The number of nitrogens with two attached hydrogens (primary N) is 2. The average Bonchev–Trinajstić information content (AvgIpc) is 3.23. The van der Waals surface area contributed by atoms with Crippen molar-refractivity contribution in [1.29, 1.82) is 0 Å². The van der Waals surface area contributed by atoms with E-state index in [9.17, 15) is 29.1 Å². The number of hydrogen-bond acceptors (Lipinski definition) is 8. The number of rotatable bonds is 9. The molecular formula is C30H33N7O8. The number of ether oxygens (including phenoxy) is 2. The molecule has 0 saturated heterocycles. The number of fused-ring (bicyclic) bond motifs is 5. The first-order valence-corrected chi connectivity index (χ1v) is 14.1. The largest absolute Gasteiger partial charge is 0.483 e. The van der Waals surface area contributed by atoms with E-state index in [1.165, 1.54) is 28.4 Å². The monoisotopic (exact) mass is 619 g/mol. The van der Waals surface area contributed by atoms with Gasteiger partial charge in [0, 0.05) is 23.7 Å². The van der Waals surface area contributed by atoms with Crippen molar-refractivity contribution in [3.8, 4) is 17.2 Å². The van der Waals surface area contributed by atoms with Gasteiger partial charge in [-0.05, 0) is 75.6 Å². The first kappa shape index (κ1) is 30.8. The molecule has 6 N–H and O–H groups in total. The van der Waals surface area contributed by atoms with E-state index in [0.29, 0.717) is 29.0 Å². The lowest BCUT2D eigenvalue weighted by atomic mass is 9.83. The molecule has 1 unspecified atom stereocenters. The standard InChI is InChI=1S/C30H33N7O8/c1-16(38)17-6-8-18(9-7-17)36-28(42)35-14-12-21-24(37(35)29(36)43)20-11-10-19(15-23(20)45-30(21,2)3)44-27(41)34-22(25(39)40)5-4-13-33-26(31)32/h6-12,15,22,24H,4-5,13-14H2,1-3H3,(H,34,41)(H,39,40)(H4,31,32,33)/t22-,24?/m0/s1. The van der Waals surface area contributed by atoms with Gasteiger partial charge in [-0.2, -0.15) is 0 Å². The lowest BCUT2D eigenvalue weighted by Gasteiger charge is -2.42. The van der Waals surface area contributed by atoms with Crippen LogP contribution in [0.3, 0.4) is 0 Å². The van der Waals surface area contributed by atoms with Crippen LogP contribution < -0.4 is 37.6 Å². The maximum Gasteiger partial charge on any atom is 0.413 e. The summed E-state index contributed by atoms with van der Waals surface area (Å²) in [4.78, 5) is 67.1. The Hall–Kier alpha value is -5.60. The van der Waals surface area contributed by atoms with E-state index in [1.807, 2.05) is 19.9 Å². The van der Waals surface area contributed by atoms with Gasteiger partial charge in [-0.1, -0.05) is 6.08 Å². The second-order valence-corrected chi connectivity index (χ2v) is 11.2. The number of guanidine groups is 1. The van der Waals surface area contributed by atoms with Crippen molar-refractivity contribution in [2.45, 2.75) is 57.8 Å². The van der Waals surface area contributed by atoms with Crippen LogP contribution in [0.2, 0.25) is 0 Å². The number of aromatic nitrogens is 3. The molecule has 45 heavy (non-hydrogen) atoms. The van der Waals surface area contributed by atoms with Crippen LogP contribution in [0.4, 0.5) is 4.79 Å². The summed E-state index contributed by atoms with van der Waals surface area (Å²) in [6.07, 6.45) is 1.24. The Bertz CT molecular complexity index is 1860. The number of aliphatic carboxylic acids is 1. The molecule has 5 rings (SSSR count). The van der Waals surface area contributed by atoms with Crippen LogP contribution in [-0.4, -0.2) is 61.0 Å². The van der Waals surface area contributed by atoms with Crippen LogP contribution in [0.1, 0.15) is 55.6 Å². The molecule has 2 aliphatic rings. The van der Waals surface area contributed by atoms with Crippen molar-refractivity contribution in [2.24, 2.45) is 16.5 Å². The summed E-state index contributed by atoms with van der Waals surface area (Å²) in [5.41, 5.74) is 10.6. The van der Waals surface area contributed by atoms with Crippen molar-refractivity contribution in [1.82, 2.24) is 19.2 Å². The van der Waals surface area contributed by atoms with Gasteiger partial charge >= 0.3 is 23.4 Å². The maximum absolute atomic E-state index is 13.9. The predicted octanol–water partition coefficient (Wildman–Crippen LogP) is 1.30. The highest BCUT2D eigenvalue weighted by atomic mass is 16.6. The molecule has 0 fully saturated rings. The fraction of sp³-hybridized carbons (Fsp3) is 0.333. The molecule has 2 aliphatic heterocycles. The third kappa shape index (κ3) is 5.96. The molecule has 3 heterocycles. The van der Waals surface area contributed by atoms with E-state index in [2.05, 4.69) is 10.3 Å². The highest BCUT2D eigenvalue weighted by molar-refractivity contribution is 5.94. The highest BCUT2D eigenvalue weighted by Gasteiger charge is 2.44. The van der Waals surface area contributed by atoms with Gasteiger partial charge in [-0.25, -0.2) is 33.1 Å². The van der Waals surface area contributed by atoms with Crippen molar-refractivity contribution >= 4 is 23.8 Å². The van der Waals surface area contributed by atoms with E-state index in [0.717, 1.165) is 10.1 Å². The number of allylic oxidation sites excluding steroid dienone is 1. The zero-order valence-electron chi connectivity index (χ0n) is 24.9. The number of carbonyl (C=O) groups is 3. The topological polar surface area (TPSA) is 215 Å². The van der Waals surface area contributed by atoms with Crippen LogP contribution in [0.15, 0.2) is 68.7 Å². The molecule has 1 amide bonds. The van der Waals surface area contributed by atoms with Gasteiger partial charge in [0.05, 0.1) is 12.2 Å². The fourth-order valence-corrected chi connectivity index (χ4v) is 5.55. The molecule has 0 radical (unpaired) electrons. The van der Waals surface area contributed by atoms with Crippen molar-refractivity contribution in [3.63, 3.8) is 0 Å². The molecule has 3 aromatic rings. The van der Waals surface area contributed by atoms with Crippen molar-refractivity contribution in [3.05, 3.63) is 86.2 Å². The van der Waals surface area contributed by atoms with Crippen LogP contribution in [0, 0.1) is 0 Å². The molecule has 236 valence electrons. The Morgan fingerprint density at radius 3 is 2.49 bits per heavy atom. The van der Waals surface area contributed by atoms with Gasteiger partial charge in [-0.15, -0.1) is 0 Å². The third-order valence-electron chi connectivity index (χ3n) is 7.70. The second-order valence-electron chi connectivity index (χ2n) is 11.2. The number of hydrogen-bond donors (Lipinski definition) is 4. The quantitative estimate of drug-likeness (QED) is 0.0885. The number of Topliss-reactive ketones (excluding diaryl/α,β-unsaturated/α-hetero) is 1. The fourth-order valence-electron chi connectivity index (χ4n) is 5.55. The molecule has 15 heteroatoms. The summed E-state index contributed by atoms with van der Waals surface area (Å²) in [5, 5.41) is 11.8. The smallest absolute Gasteiger partial charge is 0.413 e. The van der Waals surface area contributed by atoms with Gasteiger partial charge in [-0.3, -0.25) is 9.79 Å². The molecule has 1 aromatic heterocycles. The zero-order valence-corrected chi connectivity index (χ0v) is 24.9. The molecule has 0 bridgehead atoms. The molecule has 2 atom stereocenters. The number of carboxylic acid groups (broad SMARTS) is 1. The van der Waals surface area contributed by atoms with Gasteiger partial charge in [0.1, 0.15) is 29.2 Å². The Morgan fingerprint density at radius 2 is 1.84 bits per heavy atom. The number of benzene rings is 2. The summed E-state index contributed by atoms with van der Waals surface area (Å²) in [6.45, 7) is 5.42. The zero-order chi connectivity index (χ0) is 32.6. The van der Waals surface area contributed by atoms with Crippen molar-refractivity contribution < 1.29 is 29.0 Å². The van der Waals surface area contributed by atoms with Crippen LogP contribution in [0.25, 0.3) is 5.69 Å². The number of nitrogens with one attached hydrogen (secondary N) is 1. The minimum absolute atomic E-state index is 0.0659. The Balaban J connectivity index is 1.44. The Labute approximate surface area is 256 Å². The van der Waals surface area contributed by atoms with Gasteiger partial charge in [0.2, 0.25) is 0 Å². The second kappa shape index (κ2) is 11.8. The molecule has 0 spiro atoms. The number of carbonyl (C=O) groups excluding carboxylic acids is 2. The lowest BCUT2D eigenvalue weighted by molar-refractivity contribution is -0.139. The Morgan fingerprint density at radius 1 is 1.13 bits per heavy atom. The molecule has 0 aliphatic carbocycles. The van der Waals surface area contributed by atoms with E-state index < -0.39 is 41.1 Å². The SMILES string of the molecule is CC(=O)c1ccc(-n2c(=O)n3n(c2=O)C2C(=CC3)C(C)(C)Oc3cc(OC(=O)N[C@@H](CCCN=C(N)N)C(=O)O)ccc32)cc1. The number of amides is 1. The van der Waals surface area contributed by atoms with E-state index in [4.69, 9.17) is 20.9 Å². The number of aliphatic imine (C=N–C) groups is 1. The number of carboxylic acids is 1. The first-order valence-electron chi connectivity index (χ1n) is 14.1. The molecule has 15 nitrogen and oxygen atoms in total. The van der Waals surface area contributed by atoms with Crippen LogP contribution in [0.5, 0.6) is 11.5 Å². The number of ketones is 1. The van der Waals surface area contributed by atoms with E-state index >= 15 is 0 Å². The van der Waals surface area contributed by atoms with Gasteiger partial charge in [0.15, 0.2) is 11.7 Å². The van der Waals surface area contributed by atoms with Gasteiger partial charge in [0.25, 0.3) is 0 Å². The number of nitrogens with zero attached hydrogens (tertiary/aromatic N) is 4. The lowest BCUT2D eigenvalue weighted by Crippen LogP contribution is -2.46. The molecular weight excluding hydrogens is 586 g/mol. The summed E-state index contributed by atoms with van der Waals surface area (Å²) < 4.78 is 15.4. The summed E-state index contributed by atoms with van der Waals surface area (Å²) in [7, 11) is 0. The first-order chi connectivity index (χ1) is 21.3. The summed E-state index contributed by atoms with van der Waals surface area (Å²) >= 11 is 0. The van der Waals surface area contributed by atoms with Gasteiger partial charge < -0.3 is 31.4 Å². The normalized spacial score (nSPS) is 16.5. The minimum Gasteiger partial charge on any atom is -0.483 e. The Kier molecular flexibility index (Phi) is 8.10. The summed E-state index contributed by atoms with van der Waals surface area (Å²) in [5.74, 6) is -1.12. The third-order valence-corrected chi connectivity index (χ3v) is 7.70. The minimum atomic E-state index is -1.25.